The molecule has 7 heteroatoms. The van der Waals surface area contributed by atoms with E-state index in [0.29, 0.717) is 21.6 Å². The molecule has 0 saturated heterocycles. The number of carboxylic acid groups (broad SMARTS) is 1. The van der Waals surface area contributed by atoms with Crippen molar-refractivity contribution < 1.29 is 24.2 Å². The van der Waals surface area contributed by atoms with Crippen LogP contribution in [0.2, 0.25) is 5.02 Å². The lowest BCUT2D eigenvalue weighted by Crippen LogP contribution is -2.46. The predicted molar refractivity (Wildman–Crippen MR) is 76.6 cm³/mol. The van der Waals surface area contributed by atoms with Crippen LogP contribution in [-0.4, -0.2) is 34.2 Å². The molecule has 3 N–H and O–H groups in total. The van der Waals surface area contributed by atoms with E-state index in [-0.39, 0.29) is 5.76 Å². The van der Waals surface area contributed by atoms with Gasteiger partial charge in [-0.1, -0.05) is 11.6 Å². The number of aliphatic hydroxyl groups is 1. The summed E-state index contributed by atoms with van der Waals surface area (Å²) in [5.41, 5.74) is -0.939. The van der Waals surface area contributed by atoms with E-state index in [1.54, 1.807) is 25.1 Å². The van der Waals surface area contributed by atoms with E-state index in [4.69, 9.17) is 21.1 Å². The largest absolute Gasteiger partial charge is 0.479 e. The van der Waals surface area contributed by atoms with Gasteiger partial charge < -0.3 is 19.9 Å². The number of fused-ring (bicyclic) bond motifs is 1. The maximum Gasteiger partial charge on any atom is 0.337 e. The van der Waals surface area contributed by atoms with Crippen LogP contribution in [0.25, 0.3) is 11.0 Å². The second-order valence-electron chi connectivity index (χ2n) is 4.96. The second-order valence-corrected chi connectivity index (χ2v) is 5.39. The topological polar surface area (TPSA) is 99.8 Å². The van der Waals surface area contributed by atoms with Crippen molar-refractivity contribution in [3.63, 3.8) is 0 Å². The van der Waals surface area contributed by atoms with Gasteiger partial charge >= 0.3 is 5.97 Å². The van der Waals surface area contributed by atoms with Crippen LogP contribution >= 0.6 is 11.6 Å². The molecule has 0 fully saturated rings. The summed E-state index contributed by atoms with van der Waals surface area (Å²) in [6, 6.07) is 4.97. The summed E-state index contributed by atoms with van der Waals surface area (Å²) in [6.45, 7) is 2.37. The van der Waals surface area contributed by atoms with Crippen molar-refractivity contribution in [2.75, 3.05) is 6.54 Å². The molecule has 0 aliphatic rings. The van der Waals surface area contributed by atoms with Crippen LogP contribution in [0, 0.1) is 6.92 Å². The van der Waals surface area contributed by atoms with Gasteiger partial charge in [0.2, 0.25) is 0 Å². The first-order chi connectivity index (χ1) is 9.72. The minimum atomic E-state index is -2.04. The van der Waals surface area contributed by atoms with E-state index >= 15 is 0 Å². The Hall–Kier alpha value is -2.05. The van der Waals surface area contributed by atoms with Crippen molar-refractivity contribution in [2.45, 2.75) is 19.4 Å². The zero-order valence-corrected chi connectivity index (χ0v) is 12.2. The number of furan rings is 1. The van der Waals surface area contributed by atoms with Crippen molar-refractivity contribution in [3.05, 3.63) is 34.5 Å². The zero-order valence-electron chi connectivity index (χ0n) is 11.4. The molecule has 1 unspecified atom stereocenters. The Morgan fingerprint density at radius 3 is 2.71 bits per heavy atom. The first kappa shape index (κ1) is 15.3. The Labute approximate surface area is 125 Å². The number of hydrogen-bond donors (Lipinski definition) is 3. The van der Waals surface area contributed by atoms with E-state index < -0.39 is 24.0 Å². The lowest BCUT2D eigenvalue weighted by molar-refractivity contribution is -0.155. The van der Waals surface area contributed by atoms with Crippen molar-refractivity contribution >= 4 is 34.4 Å². The van der Waals surface area contributed by atoms with Crippen LogP contribution < -0.4 is 5.32 Å². The molecule has 1 amide bonds. The van der Waals surface area contributed by atoms with Crippen molar-refractivity contribution in [1.82, 2.24) is 5.32 Å². The first-order valence-electron chi connectivity index (χ1n) is 6.15. The highest BCUT2D eigenvalue weighted by atomic mass is 35.5. The highest BCUT2D eigenvalue weighted by Gasteiger charge is 2.31. The number of carbonyl (C=O) groups is 2. The molecule has 21 heavy (non-hydrogen) atoms. The summed E-state index contributed by atoms with van der Waals surface area (Å²) in [5, 5.41) is 21.9. The Morgan fingerprint density at radius 1 is 1.43 bits per heavy atom. The van der Waals surface area contributed by atoms with Gasteiger partial charge in [-0.05, 0) is 32.0 Å². The average Bonchev–Trinajstić information content (AvgIpc) is 2.73. The number of aryl methyl sites for hydroxylation is 1. The highest BCUT2D eigenvalue weighted by Crippen LogP contribution is 2.27. The summed E-state index contributed by atoms with van der Waals surface area (Å²) in [7, 11) is 0. The summed E-state index contributed by atoms with van der Waals surface area (Å²) in [4.78, 5) is 22.8. The second kappa shape index (κ2) is 5.38. The first-order valence-corrected chi connectivity index (χ1v) is 6.53. The summed E-state index contributed by atoms with van der Waals surface area (Å²) in [6.07, 6.45) is 0. The smallest absolute Gasteiger partial charge is 0.337 e. The third-order valence-corrected chi connectivity index (χ3v) is 3.39. The van der Waals surface area contributed by atoms with E-state index in [2.05, 4.69) is 5.32 Å². The van der Waals surface area contributed by atoms with Crippen molar-refractivity contribution in [3.8, 4) is 0 Å². The van der Waals surface area contributed by atoms with Crippen LogP contribution in [0.3, 0.4) is 0 Å². The number of carbonyl (C=O) groups excluding carboxylic acids is 1. The molecule has 1 atom stereocenters. The normalized spacial score (nSPS) is 13.9. The number of aliphatic carboxylic acids is 1. The minimum Gasteiger partial charge on any atom is -0.479 e. The maximum absolute atomic E-state index is 12.0. The number of amides is 1. The number of rotatable bonds is 4. The minimum absolute atomic E-state index is 0.0634. The zero-order chi connectivity index (χ0) is 15.8. The standard InChI is InChI=1S/C14H14ClNO5/c1-7-9-5-8(15)3-4-10(9)21-11(7)12(17)16-6-14(2,20)13(18)19/h3-5,20H,6H2,1-2H3,(H,16,17)(H,18,19). The van der Waals surface area contributed by atoms with Crippen LogP contribution in [-0.2, 0) is 4.79 Å². The monoisotopic (exact) mass is 311 g/mol. The molecule has 2 rings (SSSR count). The molecule has 1 heterocycles. The third kappa shape index (κ3) is 3.01. The van der Waals surface area contributed by atoms with Crippen LogP contribution in [0.5, 0.6) is 0 Å². The molecule has 1 aromatic heterocycles. The lowest BCUT2D eigenvalue weighted by atomic mass is 10.1. The number of hydrogen-bond acceptors (Lipinski definition) is 4. The summed E-state index contributed by atoms with van der Waals surface area (Å²) < 4.78 is 5.44. The number of benzene rings is 1. The Bertz CT molecular complexity index is 719. The predicted octanol–water partition coefficient (Wildman–Crippen LogP) is 1.96. The number of nitrogens with one attached hydrogen (secondary N) is 1. The number of halogens is 1. The fourth-order valence-corrected chi connectivity index (χ4v) is 1.99. The van der Waals surface area contributed by atoms with Gasteiger partial charge in [0.25, 0.3) is 5.91 Å². The van der Waals surface area contributed by atoms with Crippen LogP contribution in [0.1, 0.15) is 23.0 Å². The molecule has 0 saturated carbocycles. The molecular formula is C14H14ClNO5. The van der Waals surface area contributed by atoms with E-state index in [1.807, 2.05) is 0 Å². The Balaban J connectivity index is 2.24. The van der Waals surface area contributed by atoms with Gasteiger partial charge in [-0.2, -0.15) is 0 Å². The lowest BCUT2D eigenvalue weighted by Gasteiger charge is -2.17. The van der Waals surface area contributed by atoms with Crippen molar-refractivity contribution in [2.24, 2.45) is 0 Å². The molecule has 1 aromatic carbocycles. The molecule has 0 spiro atoms. The van der Waals surface area contributed by atoms with Crippen LogP contribution in [0.15, 0.2) is 22.6 Å². The Morgan fingerprint density at radius 2 is 2.10 bits per heavy atom. The quantitative estimate of drug-likeness (QED) is 0.801. The molecule has 0 radical (unpaired) electrons. The van der Waals surface area contributed by atoms with Crippen molar-refractivity contribution in [1.29, 1.82) is 0 Å². The van der Waals surface area contributed by atoms with E-state index in [0.717, 1.165) is 6.92 Å². The van der Waals surface area contributed by atoms with Crippen LogP contribution in [0.4, 0.5) is 0 Å². The van der Waals surface area contributed by atoms with Gasteiger partial charge in [-0.3, -0.25) is 4.79 Å². The molecule has 0 aliphatic carbocycles. The van der Waals surface area contributed by atoms with E-state index in [9.17, 15) is 14.7 Å². The fourth-order valence-electron chi connectivity index (χ4n) is 1.82. The molecule has 6 nitrogen and oxygen atoms in total. The molecule has 112 valence electrons. The molecule has 0 bridgehead atoms. The van der Waals surface area contributed by atoms with Gasteiger partial charge in [0.05, 0.1) is 6.54 Å². The van der Waals surface area contributed by atoms with Gasteiger partial charge in [-0.15, -0.1) is 0 Å². The SMILES string of the molecule is Cc1c(C(=O)NCC(C)(O)C(=O)O)oc2ccc(Cl)cc12. The summed E-state index contributed by atoms with van der Waals surface area (Å²) in [5.74, 6) is -1.95. The van der Waals surface area contributed by atoms with Gasteiger partial charge in [0, 0.05) is 16.0 Å². The van der Waals surface area contributed by atoms with E-state index in [1.165, 1.54) is 0 Å². The fraction of sp³-hybridized carbons (Fsp3) is 0.286. The maximum atomic E-state index is 12.0. The highest BCUT2D eigenvalue weighted by molar-refractivity contribution is 6.31. The van der Waals surface area contributed by atoms with Gasteiger partial charge in [0.15, 0.2) is 11.4 Å². The van der Waals surface area contributed by atoms with Gasteiger partial charge in [-0.25, -0.2) is 4.79 Å². The molecular weight excluding hydrogens is 298 g/mol. The molecule has 0 aliphatic heterocycles. The van der Waals surface area contributed by atoms with Gasteiger partial charge in [0.1, 0.15) is 5.58 Å². The number of carboxylic acids is 1. The molecule has 2 aromatic rings. The average molecular weight is 312 g/mol. The Kier molecular flexibility index (Phi) is 3.93. The third-order valence-electron chi connectivity index (χ3n) is 3.16. The summed E-state index contributed by atoms with van der Waals surface area (Å²) >= 11 is 5.89.